The van der Waals surface area contributed by atoms with E-state index >= 15 is 0 Å². The van der Waals surface area contributed by atoms with Crippen molar-refractivity contribution in [2.45, 2.75) is 0 Å². The van der Waals surface area contributed by atoms with Crippen LogP contribution in [0, 0.1) is 0 Å². The van der Waals surface area contributed by atoms with Gasteiger partial charge in [0.25, 0.3) is 0 Å². The van der Waals surface area contributed by atoms with Gasteiger partial charge in [0, 0.05) is 11.6 Å². The molecule has 0 saturated carbocycles. The topological polar surface area (TPSA) is 57.5 Å². The molecule has 0 amide bonds. The Kier molecular flexibility index (Phi) is 3.38. The van der Waals surface area contributed by atoms with Crippen molar-refractivity contribution >= 4 is 34.3 Å². The van der Waals surface area contributed by atoms with Crippen molar-refractivity contribution in [1.82, 2.24) is 4.98 Å². The molecule has 1 aromatic heterocycles. The average molecular weight is 254 g/mol. The maximum Gasteiger partial charge on any atom is 0.203 e. The first-order valence-electron chi connectivity index (χ1n) is 4.43. The van der Waals surface area contributed by atoms with E-state index < -0.39 is 0 Å². The number of benzene rings is 1. The summed E-state index contributed by atoms with van der Waals surface area (Å²) in [6.45, 7) is 0. The monoisotopic (exact) mass is 253 g/mol. The number of phenolic OH excluding ortho intramolecular Hbond substituents is 1. The third kappa shape index (κ3) is 2.71. The van der Waals surface area contributed by atoms with E-state index in [1.54, 1.807) is 24.5 Å². The second-order valence-electron chi connectivity index (χ2n) is 2.92. The Morgan fingerprint density at radius 1 is 1.50 bits per heavy atom. The van der Waals surface area contributed by atoms with Crippen LogP contribution in [-0.4, -0.2) is 16.3 Å². The molecule has 0 atom stereocenters. The Bertz CT molecular complexity index is 499. The van der Waals surface area contributed by atoms with Gasteiger partial charge in [-0.05, 0) is 23.8 Å². The second-order valence-corrected chi connectivity index (χ2v) is 4.22. The van der Waals surface area contributed by atoms with Crippen LogP contribution < -0.4 is 5.43 Å². The number of aromatic hydroxyl groups is 1. The van der Waals surface area contributed by atoms with Crippen LogP contribution in [0.4, 0.5) is 5.13 Å². The average Bonchev–Trinajstić information content (AvgIpc) is 2.76. The lowest BCUT2D eigenvalue weighted by Gasteiger charge is -1.97. The standard InChI is InChI=1S/C10H8ClN3OS/c11-8-5-7(1-2-9(8)15)6-13-14-10-12-3-4-16-10/h1-6,15H,(H,12,14)/b13-6-. The first kappa shape index (κ1) is 10.9. The summed E-state index contributed by atoms with van der Waals surface area (Å²) in [5, 5.41) is 16.1. The molecule has 6 heteroatoms. The highest BCUT2D eigenvalue weighted by Crippen LogP contribution is 2.22. The van der Waals surface area contributed by atoms with E-state index in [0.717, 1.165) is 10.7 Å². The van der Waals surface area contributed by atoms with E-state index in [2.05, 4.69) is 15.5 Å². The van der Waals surface area contributed by atoms with Crippen molar-refractivity contribution in [3.8, 4) is 5.75 Å². The molecule has 0 unspecified atom stereocenters. The molecule has 0 aliphatic heterocycles. The summed E-state index contributed by atoms with van der Waals surface area (Å²) >= 11 is 7.21. The predicted molar refractivity (Wildman–Crippen MR) is 66.4 cm³/mol. The SMILES string of the molecule is Oc1ccc(/C=N\Nc2nccs2)cc1Cl. The van der Waals surface area contributed by atoms with Crippen molar-refractivity contribution in [2.75, 3.05) is 5.43 Å². The summed E-state index contributed by atoms with van der Waals surface area (Å²) in [5.74, 6) is 0.0618. The lowest BCUT2D eigenvalue weighted by Crippen LogP contribution is -1.89. The summed E-state index contributed by atoms with van der Waals surface area (Å²) in [5.41, 5.74) is 3.58. The zero-order valence-corrected chi connectivity index (χ0v) is 9.66. The van der Waals surface area contributed by atoms with Crippen molar-refractivity contribution in [2.24, 2.45) is 5.10 Å². The summed E-state index contributed by atoms with van der Waals surface area (Å²) < 4.78 is 0. The van der Waals surface area contributed by atoms with Crippen LogP contribution in [0.3, 0.4) is 0 Å². The Morgan fingerprint density at radius 3 is 3.06 bits per heavy atom. The normalized spacial score (nSPS) is 10.8. The number of thiazole rings is 1. The molecule has 0 saturated heterocycles. The van der Waals surface area contributed by atoms with Gasteiger partial charge in [-0.2, -0.15) is 5.10 Å². The van der Waals surface area contributed by atoms with Crippen molar-refractivity contribution in [3.63, 3.8) is 0 Å². The number of phenols is 1. The van der Waals surface area contributed by atoms with Crippen LogP contribution in [0.15, 0.2) is 34.9 Å². The summed E-state index contributed by atoms with van der Waals surface area (Å²) in [4.78, 5) is 4.01. The van der Waals surface area contributed by atoms with E-state index in [1.807, 2.05) is 5.38 Å². The number of nitrogens with zero attached hydrogens (tertiary/aromatic N) is 2. The lowest BCUT2D eigenvalue weighted by atomic mass is 10.2. The molecule has 4 nitrogen and oxygen atoms in total. The number of anilines is 1. The predicted octanol–water partition coefficient (Wildman–Crippen LogP) is 2.95. The summed E-state index contributed by atoms with van der Waals surface area (Å²) in [7, 11) is 0. The third-order valence-corrected chi connectivity index (χ3v) is 2.76. The maximum atomic E-state index is 9.22. The van der Waals surface area contributed by atoms with Crippen molar-refractivity contribution in [1.29, 1.82) is 0 Å². The molecule has 1 heterocycles. The third-order valence-electron chi connectivity index (χ3n) is 1.78. The number of aromatic nitrogens is 1. The zero-order valence-electron chi connectivity index (χ0n) is 8.09. The van der Waals surface area contributed by atoms with Gasteiger partial charge in [-0.3, -0.25) is 5.43 Å². The van der Waals surface area contributed by atoms with Gasteiger partial charge in [0.2, 0.25) is 5.13 Å². The van der Waals surface area contributed by atoms with Crippen LogP contribution in [-0.2, 0) is 0 Å². The molecule has 0 spiro atoms. The molecule has 2 aromatic rings. The van der Waals surface area contributed by atoms with E-state index in [4.69, 9.17) is 11.6 Å². The number of hydrogen-bond acceptors (Lipinski definition) is 5. The first-order chi connectivity index (χ1) is 7.75. The highest BCUT2D eigenvalue weighted by Gasteiger charge is 1.97. The molecule has 0 aliphatic carbocycles. The van der Waals surface area contributed by atoms with Gasteiger partial charge in [0.15, 0.2) is 0 Å². The van der Waals surface area contributed by atoms with Gasteiger partial charge in [0.1, 0.15) is 5.75 Å². The second kappa shape index (κ2) is 4.96. The minimum Gasteiger partial charge on any atom is -0.506 e. The quantitative estimate of drug-likeness (QED) is 0.653. The van der Waals surface area contributed by atoms with Crippen LogP contribution in [0.2, 0.25) is 5.02 Å². The summed E-state index contributed by atoms with van der Waals surface area (Å²) in [6.07, 6.45) is 3.30. The number of hydrogen-bond donors (Lipinski definition) is 2. The molecule has 0 fully saturated rings. The smallest absolute Gasteiger partial charge is 0.203 e. The Morgan fingerprint density at radius 2 is 2.38 bits per heavy atom. The molecule has 2 N–H and O–H groups in total. The number of nitrogens with one attached hydrogen (secondary N) is 1. The van der Waals surface area contributed by atoms with Gasteiger partial charge >= 0.3 is 0 Å². The fourth-order valence-corrected chi connectivity index (χ4v) is 1.71. The molecule has 0 bridgehead atoms. The van der Waals surface area contributed by atoms with E-state index in [9.17, 15) is 5.11 Å². The van der Waals surface area contributed by atoms with E-state index in [0.29, 0.717) is 5.02 Å². The van der Waals surface area contributed by atoms with Crippen molar-refractivity contribution in [3.05, 3.63) is 40.4 Å². The highest BCUT2D eigenvalue weighted by atomic mass is 35.5. The Hall–Kier alpha value is -1.59. The van der Waals surface area contributed by atoms with Gasteiger partial charge < -0.3 is 5.11 Å². The molecule has 0 radical (unpaired) electrons. The highest BCUT2D eigenvalue weighted by molar-refractivity contribution is 7.13. The molecular weight excluding hydrogens is 246 g/mol. The van der Waals surface area contributed by atoms with E-state index in [1.165, 1.54) is 17.4 Å². The first-order valence-corrected chi connectivity index (χ1v) is 5.68. The molecule has 16 heavy (non-hydrogen) atoms. The van der Waals surface area contributed by atoms with Crippen LogP contribution in [0.25, 0.3) is 0 Å². The largest absolute Gasteiger partial charge is 0.506 e. The molecule has 82 valence electrons. The maximum absolute atomic E-state index is 9.22. The van der Waals surface area contributed by atoms with Crippen LogP contribution in [0.5, 0.6) is 5.75 Å². The zero-order chi connectivity index (χ0) is 11.4. The summed E-state index contributed by atoms with van der Waals surface area (Å²) in [6, 6.07) is 4.87. The fourth-order valence-electron chi connectivity index (χ4n) is 1.04. The van der Waals surface area contributed by atoms with Crippen molar-refractivity contribution < 1.29 is 5.11 Å². The van der Waals surface area contributed by atoms with Crippen LogP contribution in [0.1, 0.15) is 5.56 Å². The Labute approximate surface area is 101 Å². The minimum absolute atomic E-state index is 0.0618. The van der Waals surface area contributed by atoms with E-state index in [-0.39, 0.29) is 5.75 Å². The molecule has 1 aromatic carbocycles. The number of halogens is 1. The minimum atomic E-state index is 0.0618. The molecular formula is C10H8ClN3OS. The van der Waals surface area contributed by atoms with Gasteiger partial charge in [0.05, 0.1) is 11.2 Å². The molecule has 0 aliphatic rings. The number of hydrazone groups is 1. The van der Waals surface area contributed by atoms with Crippen LogP contribution >= 0.6 is 22.9 Å². The molecule has 2 rings (SSSR count). The lowest BCUT2D eigenvalue weighted by molar-refractivity contribution is 0.475. The number of rotatable bonds is 3. The fraction of sp³-hybridized carbons (Fsp3) is 0. The van der Waals surface area contributed by atoms with Gasteiger partial charge in [-0.1, -0.05) is 11.6 Å². The van der Waals surface area contributed by atoms with Gasteiger partial charge in [-0.25, -0.2) is 4.98 Å². The van der Waals surface area contributed by atoms with Gasteiger partial charge in [-0.15, -0.1) is 11.3 Å². The Balaban J connectivity index is 2.03.